The lowest BCUT2D eigenvalue weighted by molar-refractivity contribution is 0.0537. The molecule has 1 heterocycles. The van der Waals surface area contributed by atoms with Crippen molar-refractivity contribution in [3.8, 4) is 11.5 Å². The number of benzene rings is 2. The van der Waals surface area contributed by atoms with E-state index in [4.69, 9.17) is 15.2 Å². The zero-order valence-corrected chi connectivity index (χ0v) is 13.0. The maximum absolute atomic E-state index is 6.25. The van der Waals surface area contributed by atoms with Crippen molar-refractivity contribution in [3.05, 3.63) is 59.7 Å². The summed E-state index contributed by atoms with van der Waals surface area (Å²) in [5.41, 5.74) is 8.73. The van der Waals surface area contributed by atoms with Gasteiger partial charge in [0.2, 0.25) is 0 Å². The maximum atomic E-state index is 6.25. The van der Waals surface area contributed by atoms with Crippen LogP contribution in [-0.4, -0.2) is 31.7 Å². The number of nitrogens with zero attached hydrogens (tertiary/aromatic N) is 1. The lowest BCUT2D eigenvalue weighted by Crippen LogP contribution is -2.57. The quantitative estimate of drug-likeness (QED) is 0.921. The third-order valence-corrected chi connectivity index (χ3v) is 4.22. The van der Waals surface area contributed by atoms with Gasteiger partial charge in [-0.3, -0.25) is 4.90 Å². The second kappa shape index (κ2) is 6.38. The zero-order valence-electron chi connectivity index (χ0n) is 13.0. The maximum Gasteiger partial charge on any atom is 0.161 e. The third-order valence-electron chi connectivity index (χ3n) is 4.22. The minimum atomic E-state index is 0.154. The van der Waals surface area contributed by atoms with Crippen molar-refractivity contribution in [2.75, 3.05) is 20.8 Å². The van der Waals surface area contributed by atoms with Crippen LogP contribution in [0.4, 0.5) is 0 Å². The van der Waals surface area contributed by atoms with Crippen LogP contribution in [0.2, 0.25) is 0 Å². The van der Waals surface area contributed by atoms with Crippen molar-refractivity contribution >= 4 is 0 Å². The molecule has 0 amide bonds. The van der Waals surface area contributed by atoms with Crippen LogP contribution in [0.1, 0.15) is 17.2 Å². The normalized spacial score (nSPS) is 21.2. The molecule has 2 atom stereocenters. The van der Waals surface area contributed by atoms with Gasteiger partial charge in [0, 0.05) is 19.1 Å². The van der Waals surface area contributed by atoms with Gasteiger partial charge in [-0.05, 0) is 23.3 Å². The highest BCUT2D eigenvalue weighted by Gasteiger charge is 2.37. The van der Waals surface area contributed by atoms with Gasteiger partial charge in [0.1, 0.15) is 0 Å². The van der Waals surface area contributed by atoms with Crippen LogP contribution < -0.4 is 15.2 Å². The fraction of sp³-hybridized carbons (Fsp3) is 0.333. The summed E-state index contributed by atoms with van der Waals surface area (Å²) in [5.74, 6) is 1.49. The van der Waals surface area contributed by atoms with Gasteiger partial charge in [-0.25, -0.2) is 0 Å². The Morgan fingerprint density at radius 1 is 1.05 bits per heavy atom. The number of hydrogen-bond acceptors (Lipinski definition) is 4. The van der Waals surface area contributed by atoms with Gasteiger partial charge < -0.3 is 15.2 Å². The average Bonchev–Trinajstić information content (AvgIpc) is 2.55. The summed E-state index contributed by atoms with van der Waals surface area (Å²) in [4.78, 5) is 2.39. The number of hydrogen-bond donors (Lipinski definition) is 1. The van der Waals surface area contributed by atoms with E-state index in [0.717, 1.165) is 24.6 Å². The Labute approximate surface area is 131 Å². The van der Waals surface area contributed by atoms with Gasteiger partial charge in [0.15, 0.2) is 11.5 Å². The van der Waals surface area contributed by atoms with Gasteiger partial charge in [-0.2, -0.15) is 0 Å². The summed E-state index contributed by atoms with van der Waals surface area (Å²) in [5, 5.41) is 0. The molecule has 0 bridgehead atoms. The molecule has 2 aromatic rings. The predicted octanol–water partition coefficient (Wildman–Crippen LogP) is 2.59. The number of nitrogens with two attached hydrogens (primary N) is 1. The Morgan fingerprint density at radius 3 is 2.41 bits per heavy atom. The van der Waals surface area contributed by atoms with E-state index in [1.807, 2.05) is 18.2 Å². The Bertz CT molecular complexity index is 630. The Balaban J connectivity index is 1.80. The molecule has 2 unspecified atom stereocenters. The Hall–Kier alpha value is -2.04. The van der Waals surface area contributed by atoms with Crippen molar-refractivity contribution in [2.24, 2.45) is 5.73 Å². The smallest absolute Gasteiger partial charge is 0.161 e. The minimum absolute atomic E-state index is 0.154. The standard InChI is InChI=1S/C18H22N2O2/c1-21-16-9-8-14(10-17(16)22-2)18-15(19)12-20(18)11-13-6-4-3-5-7-13/h3-10,15,18H,11-12,19H2,1-2H3. The zero-order chi connectivity index (χ0) is 15.5. The molecular weight excluding hydrogens is 276 g/mol. The SMILES string of the molecule is COc1ccc(C2C(N)CN2Cc2ccccc2)cc1OC. The van der Waals surface area contributed by atoms with E-state index in [-0.39, 0.29) is 12.1 Å². The molecule has 1 saturated heterocycles. The summed E-state index contributed by atoms with van der Waals surface area (Å²) >= 11 is 0. The lowest BCUT2D eigenvalue weighted by atomic mass is 9.89. The summed E-state index contributed by atoms with van der Waals surface area (Å²) in [6.07, 6.45) is 0. The molecule has 2 N–H and O–H groups in total. The minimum Gasteiger partial charge on any atom is -0.493 e. The van der Waals surface area contributed by atoms with Crippen LogP contribution in [0.15, 0.2) is 48.5 Å². The molecule has 22 heavy (non-hydrogen) atoms. The van der Waals surface area contributed by atoms with Gasteiger partial charge in [0.05, 0.1) is 20.3 Å². The van der Waals surface area contributed by atoms with Crippen molar-refractivity contribution in [3.63, 3.8) is 0 Å². The molecule has 4 heteroatoms. The molecule has 0 spiro atoms. The Morgan fingerprint density at radius 2 is 1.77 bits per heavy atom. The van der Waals surface area contributed by atoms with Crippen LogP contribution in [-0.2, 0) is 6.54 Å². The first-order chi connectivity index (χ1) is 10.7. The molecule has 1 fully saturated rings. The van der Waals surface area contributed by atoms with Crippen LogP contribution in [0, 0.1) is 0 Å². The third kappa shape index (κ3) is 2.80. The molecule has 1 aliphatic rings. The van der Waals surface area contributed by atoms with Crippen molar-refractivity contribution in [1.29, 1.82) is 0 Å². The molecule has 116 valence electrons. The molecule has 0 saturated carbocycles. The first-order valence-corrected chi connectivity index (χ1v) is 7.48. The van der Waals surface area contributed by atoms with E-state index in [9.17, 15) is 0 Å². The van der Waals surface area contributed by atoms with E-state index < -0.39 is 0 Å². The lowest BCUT2D eigenvalue weighted by Gasteiger charge is -2.47. The van der Waals surface area contributed by atoms with Crippen molar-refractivity contribution < 1.29 is 9.47 Å². The van der Waals surface area contributed by atoms with Crippen LogP contribution >= 0.6 is 0 Å². The molecule has 2 aromatic carbocycles. The highest BCUT2D eigenvalue weighted by Crippen LogP contribution is 2.38. The molecule has 0 aliphatic carbocycles. The molecule has 4 nitrogen and oxygen atoms in total. The topological polar surface area (TPSA) is 47.7 Å². The first kappa shape index (κ1) is 14.9. The molecule has 0 radical (unpaired) electrons. The average molecular weight is 298 g/mol. The number of methoxy groups -OCH3 is 2. The number of rotatable bonds is 5. The number of ether oxygens (including phenoxy) is 2. The van der Waals surface area contributed by atoms with E-state index in [0.29, 0.717) is 0 Å². The van der Waals surface area contributed by atoms with E-state index in [1.54, 1.807) is 14.2 Å². The molecular formula is C18H22N2O2. The highest BCUT2D eigenvalue weighted by atomic mass is 16.5. The van der Waals surface area contributed by atoms with E-state index >= 15 is 0 Å². The van der Waals surface area contributed by atoms with Crippen LogP contribution in [0.25, 0.3) is 0 Å². The summed E-state index contributed by atoms with van der Waals surface area (Å²) in [6.45, 7) is 1.82. The van der Waals surface area contributed by atoms with Gasteiger partial charge in [-0.15, -0.1) is 0 Å². The predicted molar refractivity (Wildman–Crippen MR) is 87.1 cm³/mol. The van der Waals surface area contributed by atoms with Gasteiger partial charge in [0.25, 0.3) is 0 Å². The fourth-order valence-electron chi connectivity index (χ4n) is 3.09. The van der Waals surface area contributed by atoms with E-state index in [2.05, 4.69) is 35.2 Å². The largest absolute Gasteiger partial charge is 0.493 e. The van der Waals surface area contributed by atoms with Crippen LogP contribution in [0.5, 0.6) is 11.5 Å². The second-order valence-corrected chi connectivity index (χ2v) is 5.64. The fourth-order valence-corrected chi connectivity index (χ4v) is 3.09. The number of likely N-dealkylation sites (tertiary alicyclic amines) is 1. The summed E-state index contributed by atoms with van der Waals surface area (Å²) in [6, 6.07) is 16.9. The summed E-state index contributed by atoms with van der Waals surface area (Å²) < 4.78 is 10.7. The molecule has 0 aromatic heterocycles. The van der Waals surface area contributed by atoms with Crippen molar-refractivity contribution in [2.45, 2.75) is 18.6 Å². The molecule has 3 rings (SSSR count). The monoisotopic (exact) mass is 298 g/mol. The van der Waals surface area contributed by atoms with Gasteiger partial charge >= 0.3 is 0 Å². The second-order valence-electron chi connectivity index (χ2n) is 5.64. The highest BCUT2D eigenvalue weighted by molar-refractivity contribution is 5.44. The van der Waals surface area contributed by atoms with E-state index in [1.165, 1.54) is 11.1 Å². The molecule has 1 aliphatic heterocycles. The van der Waals surface area contributed by atoms with Gasteiger partial charge in [-0.1, -0.05) is 36.4 Å². The Kier molecular flexibility index (Phi) is 4.32. The van der Waals surface area contributed by atoms with Crippen LogP contribution in [0.3, 0.4) is 0 Å². The first-order valence-electron chi connectivity index (χ1n) is 7.48. The van der Waals surface area contributed by atoms with Crippen molar-refractivity contribution in [1.82, 2.24) is 4.90 Å². The summed E-state index contributed by atoms with van der Waals surface area (Å²) in [7, 11) is 3.30.